The standard InChI is InChI=1S/C15H15Cl2NS/c1-2-19-15-6-4-3-5-14(15)18-10-11-7-12(16)9-13(17)8-11/h3-9,18H,2,10H2,1H3. The summed E-state index contributed by atoms with van der Waals surface area (Å²) in [5.74, 6) is 1.06. The third-order valence-electron chi connectivity index (χ3n) is 2.59. The van der Waals surface area contributed by atoms with Gasteiger partial charge in [0.1, 0.15) is 0 Å². The minimum atomic E-state index is 0.667. The van der Waals surface area contributed by atoms with Crippen LogP contribution in [0.2, 0.25) is 10.0 Å². The van der Waals surface area contributed by atoms with Gasteiger partial charge in [-0.3, -0.25) is 0 Å². The second-order valence-electron chi connectivity index (χ2n) is 4.06. The molecule has 0 fully saturated rings. The molecule has 1 N–H and O–H groups in total. The van der Waals surface area contributed by atoms with Crippen LogP contribution in [-0.2, 0) is 6.54 Å². The van der Waals surface area contributed by atoms with Crippen LogP contribution in [0.4, 0.5) is 5.69 Å². The molecule has 0 aromatic heterocycles. The Morgan fingerprint density at radius 1 is 1.05 bits per heavy atom. The van der Waals surface area contributed by atoms with Gasteiger partial charge in [-0.2, -0.15) is 0 Å². The van der Waals surface area contributed by atoms with Crippen LogP contribution in [0.5, 0.6) is 0 Å². The van der Waals surface area contributed by atoms with Crippen molar-refractivity contribution in [3.05, 3.63) is 58.1 Å². The number of hydrogen-bond donors (Lipinski definition) is 1. The molecule has 0 bridgehead atoms. The third-order valence-corrected chi connectivity index (χ3v) is 3.98. The molecule has 100 valence electrons. The molecule has 0 saturated carbocycles. The van der Waals surface area contributed by atoms with E-state index >= 15 is 0 Å². The highest BCUT2D eigenvalue weighted by atomic mass is 35.5. The van der Waals surface area contributed by atoms with E-state index in [1.54, 1.807) is 6.07 Å². The van der Waals surface area contributed by atoms with Gasteiger partial charge < -0.3 is 5.32 Å². The van der Waals surface area contributed by atoms with Crippen LogP contribution < -0.4 is 5.32 Å². The zero-order valence-corrected chi connectivity index (χ0v) is 12.9. The molecule has 1 nitrogen and oxygen atoms in total. The highest BCUT2D eigenvalue weighted by molar-refractivity contribution is 7.99. The lowest BCUT2D eigenvalue weighted by Crippen LogP contribution is -2.00. The zero-order chi connectivity index (χ0) is 13.7. The lowest BCUT2D eigenvalue weighted by molar-refractivity contribution is 1.13. The van der Waals surface area contributed by atoms with Crippen LogP contribution in [0.3, 0.4) is 0 Å². The Balaban J connectivity index is 2.09. The summed E-state index contributed by atoms with van der Waals surface area (Å²) in [5.41, 5.74) is 2.22. The van der Waals surface area contributed by atoms with Crippen molar-refractivity contribution >= 4 is 40.7 Å². The monoisotopic (exact) mass is 311 g/mol. The topological polar surface area (TPSA) is 12.0 Å². The summed E-state index contributed by atoms with van der Waals surface area (Å²) in [7, 11) is 0. The molecule has 4 heteroatoms. The lowest BCUT2D eigenvalue weighted by Gasteiger charge is -2.11. The van der Waals surface area contributed by atoms with E-state index in [0.717, 1.165) is 17.0 Å². The minimum absolute atomic E-state index is 0.667. The van der Waals surface area contributed by atoms with E-state index in [2.05, 4.69) is 30.4 Å². The molecule has 0 aliphatic carbocycles. The van der Waals surface area contributed by atoms with Crippen molar-refractivity contribution in [3.8, 4) is 0 Å². The van der Waals surface area contributed by atoms with Gasteiger partial charge in [0.2, 0.25) is 0 Å². The Morgan fingerprint density at radius 2 is 1.74 bits per heavy atom. The molecule has 2 rings (SSSR count). The van der Waals surface area contributed by atoms with Gasteiger partial charge in [0.25, 0.3) is 0 Å². The van der Waals surface area contributed by atoms with Crippen LogP contribution in [0.1, 0.15) is 12.5 Å². The number of thioether (sulfide) groups is 1. The number of halogens is 2. The summed E-state index contributed by atoms with van der Waals surface area (Å²) < 4.78 is 0. The molecule has 2 aromatic rings. The molecule has 0 saturated heterocycles. The van der Waals surface area contributed by atoms with Crippen molar-refractivity contribution in [1.82, 2.24) is 0 Å². The molecule has 0 heterocycles. The van der Waals surface area contributed by atoms with E-state index in [4.69, 9.17) is 23.2 Å². The zero-order valence-electron chi connectivity index (χ0n) is 10.6. The van der Waals surface area contributed by atoms with Crippen molar-refractivity contribution < 1.29 is 0 Å². The smallest absolute Gasteiger partial charge is 0.0481 e. The Kier molecular flexibility index (Phi) is 5.44. The average molecular weight is 312 g/mol. The van der Waals surface area contributed by atoms with E-state index in [1.165, 1.54) is 4.90 Å². The molecular formula is C15H15Cl2NS. The van der Waals surface area contributed by atoms with Gasteiger partial charge >= 0.3 is 0 Å². The Morgan fingerprint density at radius 3 is 2.42 bits per heavy atom. The van der Waals surface area contributed by atoms with Crippen molar-refractivity contribution in [3.63, 3.8) is 0 Å². The van der Waals surface area contributed by atoms with Crippen LogP contribution >= 0.6 is 35.0 Å². The number of rotatable bonds is 5. The van der Waals surface area contributed by atoms with Gasteiger partial charge in [0, 0.05) is 27.2 Å². The first-order valence-electron chi connectivity index (χ1n) is 6.09. The molecule has 0 aliphatic rings. The van der Waals surface area contributed by atoms with E-state index in [0.29, 0.717) is 16.6 Å². The molecular weight excluding hydrogens is 297 g/mol. The Bertz CT molecular complexity index is 537. The maximum Gasteiger partial charge on any atom is 0.0481 e. The van der Waals surface area contributed by atoms with E-state index in [-0.39, 0.29) is 0 Å². The van der Waals surface area contributed by atoms with Gasteiger partial charge in [-0.1, -0.05) is 42.3 Å². The largest absolute Gasteiger partial charge is 0.380 e. The second-order valence-corrected chi connectivity index (χ2v) is 6.24. The third kappa shape index (κ3) is 4.34. The van der Waals surface area contributed by atoms with Crippen LogP contribution in [0.15, 0.2) is 47.4 Å². The van der Waals surface area contributed by atoms with Crippen molar-refractivity contribution in [2.24, 2.45) is 0 Å². The highest BCUT2D eigenvalue weighted by Crippen LogP contribution is 2.27. The molecule has 0 atom stereocenters. The summed E-state index contributed by atoms with van der Waals surface area (Å²) in [5, 5.41) is 4.76. The predicted molar refractivity (Wildman–Crippen MR) is 86.6 cm³/mol. The fourth-order valence-corrected chi connectivity index (χ4v) is 3.16. The van der Waals surface area contributed by atoms with Gasteiger partial charge in [0.15, 0.2) is 0 Å². The first-order chi connectivity index (χ1) is 9.19. The van der Waals surface area contributed by atoms with Crippen molar-refractivity contribution in [1.29, 1.82) is 0 Å². The van der Waals surface area contributed by atoms with Gasteiger partial charge in [-0.25, -0.2) is 0 Å². The van der Waals surface area contributed by atoms with Crippen LogP contribution in [0, 0.1) is 0 Å². The SMILES string of the molecule is CCSc1ccccc1NCc1cc(Cl)cc(Cl)c1. The Hall–Kier alpha value is -0.830. The first-order valence-corrected chi connectivity index (χ1v) is 7.84. The highest BCUT2D eigenvalue weighted by Gasteiger charge is 2.02. The summed E-state index contributed by atoms with van der Waals surface area (Å²) in [6.07, 6.45) is 0. The van der Waals surface area contributed by atoms with Crippen LogP contribution in [-0.4, -0.2) is 5.75 Å². The maximum absolute atomic E-state index is 6.00. The first kappa shape index (κ1) is 14.6. The minimum Gasteiger partial charge on any atom is -0.380 e. The molecule has 0 spiro atoms. The molecule has 0 amide bonds. The predicted octanol–water partition coefficient (Wildman–Crippen LogP) is 5.72. The summed E-state index contributed by atoms with van der Waals surface area (Å²) in [4.78, 5) is 1.26. The average Bonchev–Trinajstić information content (AvgIpc) is 2.37. The number of hydrogen-bond acceptors (Lipinski definition) is 2. The summed E-state index contributed by atoms with van der Waals surface area (Å²) in [6.45, 7) is 2.86. The fourth-order valence-electron chi connectivity index (χ4n) is 1.80. The number of anilines is 1. The molecule has 19 heavy (non-hydrogen) atoms. The number of para-hydroxylation sites is 1. The fraction of sp³-hybridized carbons (Fsp3) is 0.200. The normalized spacial score (nSPS) is 10.5. The number of nitrogens with one attached hydrogen (secondary N) is 1. The quantitative estimate of drug-likeness (QED) is 0.709. The van der Waals surface area contributed by atoms with E-state index in [1.807, 2.05) is 30.0 Å². The second kappa shape index (κ2) is 7.09. The molecule has 0 radical (unpaired) electrons. The van der Waals surface area contributed by atoms with Gasteiger partial charge in [-0.15, -0.1) is 11.8 Å². The van der Waals surface area contributed by atoms with E-state index in [9.17, 15) is 0 Å². The molecule has 0 aliphatic heterocycles. The number of benzene rings is 2. The summed E-state index contributed by atoms with van der Waals surface area (Å²) in [6, 6.07) is 13.9. The summed E-state index contributed by atoms with van der Waals surface area (Å²) >= 11 is 13.8. The van der Waals surface area contributed by atoms with Gasteiger partial charge in [0.05, 0.1) is 0 Å². The van der Waals surface area contributed by atoms with Gasteiger partial charge in [-0.05, 0) is 41.6 Å². The van der Waals surface area contributed by atoms with Crippen LogP contribution in [0.25, 0.3) is 0 Å². The van der Waals surface area contributed by atoms with Crippen molar-refractivity contribution in [2.75, 3.05) is 11.1 Å². The van der Waals surface area contributed by atoms with E-state index < -0.39 is 0 Å². The van der Waals surface area contributed by atoms with Crippen molar-refractivity contribution in [2.45, 2.75) is 18.4 Å². The lowest BCUT2D eigenvalue weighted by atomic mass is 10.2. The molecule has 2 aromatic carbocycles. The maximum atomic E-state index is 6.00. The molecule has 0 unspecified atom stereocenters. The Labute approximate surface area is 128 Å².